The summed E-state index contributed by atoms with van der Waals surface area (Å²) in [5.74, 6) is 0. The number of aromatic nitrogens is 1. The molecule has 0 aliphatic carbocycles. The highest BCUT2D eigenvalue weighted by molar-refractivity contribution is 7.19. The van der Waals surface area contributed by atoms with Crippen LogP contribution >= 0.6 is 22.9 Å². The fraction of sp³-hybridized carbons (Fsp3) is 0.526. The molecule has 0 amide bonds. The molecule has 1 aromatic heterocycles. The Hall–Kier alpha value is -1.66. The Labute approximate surface area is 185 Å². The minimum Gasteiger partial charge on any atom is -0.394 e. The molecule has 166 valence electrons. The highest BCUT2D eigenvalue weighted by atomic mass is 35.5. The number of ether oxygens (including phenoxy) is 4. The highest BCUT2D eigenvalue weighted by Gasteiger charge is 1.98. The van der Waals surface area contributed by atoms with E-state index in [4.69, 9.17) is 35.7 Å². The summed E-state index contributed by atoms with van der Waals surface area (Å²) in [6.45, 7) is 4.69. The molecule has 11 heteroatoms. The molecule has 2 N–H and O–H groups in total. The second-order valence-corrected chi connectivity index (χ2v) is 7.43. The lowest BCUT2D eigenvalue weighted by Crippen LogP contribution is -2.14. The second kappa shape index (κ2) is 16.1. The fourth-order valence-electron chi connectivity index (χ4n) is 2.13. The average molecular weight is 459 g/mol. The number of anilines is 1. The maximum Gasteiger partial charge on any atom is 0.231 e. The number of halogens is 1. The van der Waals surface area contributed by atoms with Gasteiger partial charge in [-0.05, 0) is 24.3 Å². The zero-order valence-electron chi connectivity index (χ0n) is 16.7. The van der Waals surface area contributed by atoms with Crippen molar-refractivity contribution in [1.29, 1.82) is 0 Å². The van der Waals surface area contributed by atoms with Crippen LogP contribution in [0.2, 0.25) is 4.34 Å². The SMILES string of the molecule is OCCOCCOCCOCCOCCNc1ccc(N=Nc2ncc(Cl)s2)cc1. The molecule has 1 heterocycles. The number of nitrogens with zero attached hydrogens (tertiary/aromatic N) is 3. The number of thiazole rings is 1. The summed E-state index contributed by atoms with van der Waals surface area (Å²) in [6.07, 6.45) is 1.55. The van der Waals surface area contributed by atoms with E-state index in [1.54, 1.807) is 6.20 Å². The van der Waals surface area contributed by atoms with Gasteiger partial charge in [0.05, 0.1) is 71.3 Å². The van der Waals surface area contributed by atoms with Gasteiger partial charge in [0.2, 0.25) is 5.13 Å². The van der Waals surface area contributed by atoms with Gasteiger partial charge in [-0.1, -0.05) is 22.9 Å². The van der Waals surface area contributed by atoms with Crippen molar-refractivity contribution in [1.82, 2.24) is 4.98 Å². The second-order valence-electron chi connectivity index (χ2n) is 5.79. The molecule has 0 unspecified atom stereocenters. The highest BCUT2D eigenvalue weighted by Crippen LogP contribution is 2.27. The van der Waals surface area contributed by atoms with Crippen LogP contribution in [0.15, 0.2) is 40.7 Å². The van der Waals surface area contributed by atoms with Crippen molar-refractivity contribution in [2.24, 2.45) is 10.2 Å². The molecule has 0 aliphatic rings. The molecule has 9 nitrogen and oxygen atoms in total. The number of hydrogen-bond acceptors (Lipinski definition) is 10. The number of hydrogen-bond donors (Lipinski definition) is 2. The van der Waals surface area contributed by atoms with E-state index in [0.717, 1.165) is 11.4 Å². The minimum absolute atomic E-state index is 0.0302. The summed E-state index contributed by atoms with van der Waals surface area (Å²) < 4.78 is 21.9. The molecule has 0 saturated carbocycles. The van der Waals surface area contributed by atoms with Crippen LogP contribution in [0.3, 0.4) is 0 Å². The van der Waals surface area contributed by atoms with E-state index >= 15 is 0 Å². The summed E-state index contributed by atoms with van der Waals surface area (Å²) in [4.78, 5) is 4.02. The van der Waals surface area contributed by atoms with Crippen molar-refractivity contribution in [3.63, 3.8) is 0 Å². The Morgan fingerprint density at radius 3 is 2.03 bits per heavy atom. The molecule has 0 saturated heterocycles. The van der Waals surface area contributed by atoms with Crippen LogP contribution in [0.1, 0.15) is 0 Å². The Balaban J connectivity index is 1.43. The number of azo groups is 1. The van der Waals surface area contributed by atoms with Crippen molar-refractivity contribution in [2.45, 2.75) is 0 Å². The van der Waals surface area contributed by atoms with E-state index < -0.39 is 0 Å². The largest absolute Gasteiger partial charge is 0.394 e. The van der Waals surface area contributed by atoms with E-state index in [0.29, 0.717) is 68.9 Å². The fourth-order valence-corrected chi connectivity index (χ4v) is 2.86. The average Bonchev–Trinajstić information content (AvgIpc) is 3.18. The molecule has 2 rings (SSSR count). The molecule has 1 aromatic carbocycles. The Morgan fingerprint density at radius 2 is 1.47 bits per heavy atom. The maximum atomic E-state index is 8.55. The number of aliphatic hydroxyl groups is 1. The van der Waals surface area contributed by atoms with Crippen LogP contribution in [0.25, 0.3) is 0 Å². The first-order valence-corrected chi connectivity index (χ1v) is 10.8. The minimum atomic E-state index is 0.0302. The summed E-state index contributed by atoms with van der Waals surface area (Å²) >= 11 is 7.09. The Morgan fingerprint density at radius 1 is 0.867 bits per heavy atom. The van der Waals surface area contributed by atoms with Crippen LogP contribution < -0.4 is 5.32 Å². The maximum absolute atomic E-state index is 8.55. The lowest BCUT2D eigenvalue weighted by Gasteiger charge is -2.08. The van der Waals surface area contributed by atoms with Gasteiger partial charge in [0.25, 0.3) is 0 Å². The van der Waals surface area contributed by atoms with Gasteiger partial charge in [-0.2, -0.15) is 0 Å². The predicted octanol–water partition coefficient (Wildman–Crippen LogP) is 3.68. The van der Waals surface area contributed by atoms with Gasteiger partial charge < -0.3 is 29.4 Å². The van der Waals surface area contributed by atoms with E-state index in [-0.39, 0.29) is 6.61 Å². The topological polar surface area (TPSA) is 107 Å². The van der Waals surface area contributed by atoms with Gasteiger partial charge in [-0.25, -0.2) is 4.98 Å². The lowest BCUT2D eigenvalue weighted by atomic mass is 10.3. The van der Waals surface area contributed by atoms with Gasteiger partial charge in [0.1, 0.15) is 4.34 Å². The third-order valence-electron chi connectivity index (χ3n) is 3.51. The first kappa shape index (κ1) is 24.6. The molecule has 2 aromatic rings. The number of nitrogens with one attached hydrogen (secondary N) is 1. The monoisotopic (exact) mass is 458 g/mol. The van der Waals surface area contributed by atoms with E-state index in [2.05, 4.69) is 20.5 Å². The van der Waals surface area contributed by atoms with Gasteiger partial charge in [0, 0.05) is 12.2 Å². The molecule has 0 fully saturated rings. The lowest BCUT2D eigenvalue weighted by molar-refractivity contribution is -0.00463. The summed E-state index contributed by atoms with van der Waals surface area (Å²) in [5.41, 5.74) is 1.72. The molecule has 0 bridgehead atoms. The number of rotatable bonds is 17. The molecular weight excluding hydrogens is 432 g/mol. The summed E-state index contributed by atoms with van der Waals surface area (Å²) in [7, 11) is 0. The van der Waals surface area contributed by atoms with Crippen molar-refractivity contribution in [3.05, 3.63) is 34.8 Å². The molecule has 0 spiro atoms. The Kier molecular flexibility index (Phi) is 13.2. The predicted molar refractivity (Wildman–Crippen MR) is 117 cm³/mol. The molecule has 0 radical (unpaired) electrons. The zero-order chi connectivity index (χ0) is 21.3. The molecular formula is C19H27ClN4O5S. The van der Waals surface area contributed by atoms with Crippen LogP contribution in [0.4, 0.5) is 16.5 Å². The van der Waals surface area contributed by atoms with Crippen molar-refractivity contribution < 1.29 is 24.1 Å². The van der Waals surface area contributed by atoms with E-state index in [9.17, 15) is 0 Å². The molecule has 0 atom stereocenters. The number of benzene rings is 1. The zero-order valence-corrected chi connectivity index (χ0v) is 18.2. The van der Waals surface area contributed by atoms with Crippen molar-refractivity contribution in [3.8, 4) is 0 Å². The van der Waals surface area contributed by atoms with E-state index in [1.165, 1.54) is 11.3 Å². The smallest absolute Gasteiger partial charge is 0.231 e. The first-order valence-electron chi connectivity index (χ1n) is 9.57. The quantitative estimate of drug-likeness (QED) is 0.275. The third kappa shape index (κ3) is 11.5. The van der Waals surface area contributed by atoms with Gasteiger partial charge >= 0.3 is 0 Å². The van der Waals surface area contributed by atoms with Crippen LogP contribution in [0, 0.1) is 0 Å². The summed E-state index contributed by atoms with van der Waals surface area (Å²) in [6, 6.07) is 7.61. The Bertz CT molecular complexity index is 717. The third-order valence-corrected chi connectivity index (χ3v) is 4.51. The summed E-state index contributed by atoms with van der Waals surface area (Å²) in [5, 5.41) is 20.5. The molecule has 30 heavy (non-hydrogen) atoms. The normalized spacial score (nSPS) is 11.4. The van der Waals surface area contributed by atoms with Gasteiger partial charge in [0.15, 0.2) is 0 Å². The van der Waals surface area contributed by atoms with Crippen LogP contribution in [-0.2, 0) is 18.9 Å². The van der Waals surface area contributed by atoms with Gasteiger partial charge in [-0.15, -0.1) is 10.2 Å². The first-order chi connectivity index (χ1) is 14.8. The molecule has 0 aliphatic heterocycles. The van der Waals surface area contributed by atoms with Crippen LogP contribution in [-0.4, -0.2) is 76.1 Å². The van der Waals surface area contributed by atoms with Crippen molar-refractivity contribution in [2.75, 3.05) is 71.3 Å². The standard InChI is InChI=1S/C19H27ClN4O5S/c20-18-15-22-19(30-18)24-23-17-3-1-16(2-4-17)21-5-7-26-9-11-28-13-14-29-12-10-27-8-6-25/h1-4,15,21,25H,5-14H2. The van der Waals surface area contributed by atoms with Gasteiger partial charge in [-0.3, -0.25) is 0 Å². The van der Waals surface area contributed by atoms with E-state index in [1.807, 2.05) is 24.3 Å². The van der Waals surface area contributed by atoms with Crippen molar-refractivity contribution >= 4 is 39.4 Å². The van der Waals surface area contributed by atoms with Crippen LogP contribution in [0.5, 0.6) is 0 Å². The number of aliphatic hydroxyl groups excluding tert-OH is 1.